The van der Waals surface area contributed by atoms with E-state index >= 15 is 0 Å². The number of rotatable bonds is 2. The van der Waals surface area contributed by atoms with Gasteiger partial charge in [-0.1, -0.05) is 48.0 Å². The quantitative estimate of drug-likeness (QED) is 0.329. The molecular formula is C19H10ClF6N. The Hall–Kier alpha value is -2.54. The van der Waals surface area contributed by atoms with Crippen LogP contribution in [0.15, 0.2) is 60.7 Å². The van der Waals surface area contributed by atoms with Crippen molar-refractivity contribution in [2.45, 2.75) is 12.4 Å². The Kier molecular flexibility index (Phi) is 4.90. The van der Waals surface area contributed by atoms with Gasteiger partial charge < -0.3 is 0 Å². The zero-order chi connectivity index (χ0) is 19.8. The Bertz CT molecular complexity index is 978. The maximum Gasteiger partial charge on any atom is 0.417 e. The van der Waals surface area contributed by atoms with Gasteiger partial charge in [-0.25, -0.2) is 4.98 Å². The minimum absolute atomic E-state index is 0.0159. The molecule has 8 heteroatoms. The van der Waals surface area contributed by atoms with Crippen molar-refractivity contribution < 1.29 is 26.3 Å². The Morgan fingerprint density at radius 2 is 1.07 bits per heavy atom. The lowest BCUT2D eigenvalue weighted by Gasteiger charge is -2.15. The first-order chi connectivity index (χ1) is 12.6. The first-order valence-electron chi connectivity index (χ1n) is 7.59. The van der Waals surface area contributed by atoms with Gasteiger partial charge in [-0.15, -0.1) is 0 Å². The number of hydrogen-bond acceptors (Lipinski definition) is 1. The maximum atomic E-state index is 13.2. The summed E-state index contributed by atoms with van der Waals surface area (Å²) >= 11 is 6.04. The number of benzene rings is 2. The van der Waals surface area contributed by atoms with E-state index in [1.807, 2.05) is 0 Å². The molecule has 1 heterocycles. The lowest BCUT2D eigenvalue weighted by Crippen LogP contribution is -2.08. The normalized spacial score (nSPS) is 12.3. The summed E-state index contributed by atoms with van der Waals surface area (Å²) in [6.45, 7) is 0. The van der Waals surface area contributed by atoms with Crippen LogP contribution in [0.3, 0.4) is 0 Å². The largest absolute Gasteiger partial charge is 0.417 e. The molecule has 0 spiro atoms. The summed E-state index contributed by atoms with van der Waals surface area (Å²) in [6, 6.07) is 12.0. The highest BCUT2D eigenvalue weighted by Gasteiger charge is 2.35. The van der Waals surface area contributed by atoms with E-state index in [1.165, 1.54) is 48.5 Å². The monoisotopic (exact) mass is 401 g/mol. The third-order valence-corrected chi connectivity index (χ3v) is 4.17. The summed E-state index contributed by atoms with van der Waals surface area (Å²) in [5.74, 6) is 0. The molecule has 140 valence electrons. The molecule has 0 aliphatic rings. The van der Waals surface area contributed by atoms with E-state index in [1.54, 1.807) is 0 Å². The summed E-state index contributed by atoms with van der Waals surface area (Å²) in [4.78, 5) is 3.92. The molecule has 27 heavy (non-hydrogen) atoms. The van der Waals surface area contributed by atoms with Gasteiger partial charge in [0.05, 0.1) is 16.8 Å². The van der Waals surface area contributed by atoms with Crippen LogP contribution >= 0.6 is 11.6 Å². The predicted octanol–water partition coefficient (Wildman–Crippen LogP) is 7.11. The van der Waals surface area contributed by atoms with E-state index in [-0.39, 0.29) is 27.5 Å². The summed E-state index contributed by atoms with van der Waals surface area (Å²) in [5.41, 5.74) is -2.31. The molecular weight excluding hydrogens is 392 g/mol. The lowest BCUT2D eigenvalue weighted by molar-refractivity contribution is -0.137. The highest BCUT2D eigenvalue weighted by Crippen LogP contribution is 2.41. The molecule has 0 aliphatic heterocycles. The molecule has 0 atom stereocenters. The molecule has 0 N–H and O–H groups in total. The van der Waals surface area contributed by atoms with Crippen molar-refractivity contribution in [3.05, 3.63) is 76.9 Å². The van der Waals surface area contributed by atoms with Crippen molar-refractivity contribution in [2.75, 3.05) is 0 Å². The smallest absolute Gasteiger partial charge is 0.235 e. The third-order valence-electron chi connectivity index (χ3n) is 3.88. The number of aromatic nitrogens is 1. The number of halogens is 7. The predicted molar refractivity (Wildman–Crippen MR) is 90.1 cm³/mol. The van der Waals surface area contributed by atoms with Crippen LogP contribution in [-0.2, 0) is 12.4 Å². The Morgan fingerprint density at radius 3 is 1.59 bits per heavy atom. The summed E-state index contributed by atoms with van der Waals surface area (Å²) in [5, 5.41) is -0.318. The van der Waals surface area contributed by atoms with Gasteiger partial charge in [0.15, 0.2) is 0 Å². The second-order valence-electron chi connectivity index (χ2n) is 5.62. The molecule has 2 aromatic carbocycles. The fourth-order valence-electron chi connectivity index (χ4n) is 2.70. The van der Waals surface area contributed by atoms with Gasteiger partial charge in [0.1, 0.15) is 5.15 Å². The minimum Gasteiger partial charge on any atom is -0.235 e. The number of hydrogen-bond donors (Lipinski definition) is 0. The molecule has 0 saturated carbocycles. The lowest BCUT2D eigenvalue weighted by atomic mass is 9.99. The zero-order valence-electron chi connectivity index (χ0n) is 13.4. The van der Waals surface area contributed by atoms with Crippen molar-refractivity contribution in [3.63, 3.8) is 0 Å². The van der Waals surface area contributed by atoms with Crippen LogP contribution in [0, 0.1) is 0 Å². The molecule has 0 saturated heterocycles. The van der Waals surface area contributed by atoms with Gasteiger partial charge >= 0.3 is 12.4 Å². The van der Waals surface area contributed by atoms with Gasteiger partial charge in [-0.3, -0.25) is 0 Å². The van der Waals surface area contributed by atoms with E-state index in [2.05, 4.69) is 4.98 Å². The van der Waals surface area contributed by atoms with Gasteiger partial charge in [-0.05, 0) is 29.8 Å². The van der Waals surface area contributed by atoms with Crippen LogP contribution in [0.2, 0.25) is 5.15 Å². The molecule has 0 fully saturated rings. The van der Waals surface area contributed by atoms with Crippen molar-refractivity contribution in [3.8, 4) is 22.4 Å². The van der Waals surface area contributed by atoms with Gasteiger partial charge in [-0.2, -0.15) is 26.3 Å². The molecule has 0 radical (unpaired) electrons. The first-order valence-corrected chi connectivity index (χ1v) is 7.96. The highest BCUT2D eigenvalue weighted by molar-refractivity contribution is 6.32. The van der Waals surface area contributed by atoms with Crippen molar-refractivity contribution in [1.82, 2.24) is 4.98 Å². The molecule has 0 aliphatic carbocycles. The van der Waals surface area contributed by atoms with Gasteiger partial charge in [0.2, 0.25) is 0 Å². The molecule has 3 rings (SSSR count). The second-order valence-corrected chi connectivity index (χ2v) is 5.98. The fraction of sp³-hybridized carbons (Fsp3) is 0.105. The van der Waals surface area contributed by atoms with Crippen LogP contribution < -0.4 is 0 Å². The number of nitrogens with zero attached hydrogens (tertiary/aromatic N) is 1. The van der Waals surface area contributed by atoms with Gasteiger partial charge in [0.25, 0.3) is 0 Å². The van der Waals surface area contributed by atoms with E-state index < -0.39 is 23.5 Å². The second kappa shape index (κ2) is 6.88. The molecule has 1 aromatic heterocycles. The van der Waals surface area contributed by atoms with E-state index in [0.717, 1.165) is 12.1 Å². The molecule has 1 nitrogen and oxygen atoms in total. The average molecular weight is 402 g/mol. The van der Waals surface area contributed by atoms with Crippen molar-refractivity contribution in [2.24, 2.45) is 0 Å². The van der Waals surface area contributed by atoms with E-state index in [4.69, 9.17) is 11.6 Å². The molecule has 0 amide bonds. The molecule has 3 aromatic rings. The number of alkyl halides is 6. The number of pyridine rings is 1. The summed E-state index contributed by atoms with van der Waals surface area (Å²) in [7, 11) is 0. The molecule has 0 unspecified atom stereocenters. The standard InChI is InChI=1S/C19H10ClF6N/c20-17-12(11-5-1-3-7-14(11)18(21,22)23)9-10-16(27-17)13-6-2-4-8-15(13)19(24,25)26/h1-10H. The maximum absolute atomic E-state index is 13.2. The van der Waals surface area contributed by atoms with Crippen LogP contribution in [0.25, 0.3) is 22.4 Å². The van der Waals surface area contributed by atoms with E-state index in [9.17, 15) is 26.3 Å². The van der Waals surface area contributed by atoms with Crippen molar-refractivity contribution in [1.29, 1.82) is 0 Å². The Morgan fingerprint density at radius 1 is 0.593 bits per heavy atom. The minimum atomic E-state index is -4.61. The van der Waals surface area contributed by atoms with E-state index in [0.29, 0.717) is 0 Å². The first kappa shape index (κ1) is 19.2. The van der Waals surface area contributed by atoms with Crippen LogP contribution in [0.5, 0.6) is 0 Å². The third kappa shape index (κ3) is 3.93. The average Bonchev–Trinajstić information content (AvgIpc) is 2.60. The highest BCUT2D eigenvalue weighted by atomic mass is 35.5. The summed E-state index contributed by atoms with van der Waals surface area (Å²) in [6.07, 6.45) is -9.21. The van der Waals surface area contributed by atoms with Crippen molar-refractivity contribution >= 4 is 11.6 Å². The van der Waals surface area contributed by atoms with Gasteiger partial charge in [0, 0.05) is 11.1 Å². The zero-order valence-corrected chi connectivity index (χ0v) is 14.1. The van der Waals surface area contributed by atoms with Crippen LogP contribution in [0.4, 0.5) is 26.3 Å². The Labute approximate surface area is 155 Å². The van der Waals surface area contributed by atoms with Crippen LogP contribution in [0.1, 0.15) is 11.1 Å². The summed E-state index contributed by atoms with van der Waals surface area (Å²) < 4.78 is 79.1. The SMILES string of the molecule is FC(F)(F)c1ccccc1-c1ccc(-c2ccccc2C(F)(F)F)c(Cl)n1. The van der Waals surface area contributed by atoms with Crippen LogP contribution in [-0.4, -0.2) is 4.98 Å². The molecule has 0 bridgehead atoms. The topological polar surface area (TPSA) is 12.9 Å². The Balaban J connectivity index is 2.13. The fourth-order valence-corrected chi connectivity index (χ4v) is 2.96.